The van der Waals surface area contributed by atoms with Crippen molar-refractivity contribution < 1.29 is 13.2 Å². The topological polar surface area (TPSA) is 69.4 Å². The van der Waals surface area contributed by atoms with Gasteiger partial charge in [-0.3, -0.25) is 0 Å². The van der Waals surface area contributed by atoms with Gasteiger partial charge in [0.2, 0.25) is 0 Å². The summed E-state index contributed by atoms with van der Waals surface area (Å²) in [5.41, 5.74) is 6.94. The van der Waals surface area contributed by atoms with Crippen molar-refractivity contribution >= 4 is 9.84 Å². The first kappa shape index (κ1) is 17.0. The number of sulfone groups is 1. The molecule has 0 saturated heterocycles. The van der Waals surface area contributed by atoms with Crippen LogP contribution in [0.4, 0.5) is 0 Å². The predicted octanol–water partition coefficient (Wildman–Crippen LogP) is 2.17. The van der Waals surface area contributed by atoms with E-state index in [0.717, 1.165) is 12.8 Å². The Kier molecular flexibility index (Phi) is 7.02. The van der Waals surface area contributed by atoms with Crippen LogP contribution in [-0.2, 0) is 16.3 Å². The van der Waals surface area contributed by atoms with Crippen molar-refractivity contribution in [2.75, 3.05) is 18.1 Å². The van der Waals surface area contributed by atoms with Crippen molar-refractivity contribution in [2.24, 2.45) is 5.73 Å². The van der Waals surface area contributed by atoms with Crippen LogP contribution in [0, 0.1) is 0 Å². The molecule has 1 unspecified atom stereocenters. The van der Waals surface area contributed by atoms with Gasteiger partial charge in [0.25, 0.3) is 0 Å². The lowest BCUT2D eigenvalue weighted by Gasteiger charge is -2.08. The lowest BCUT2D eigenvalue weighted by molar-refractivity contribution is 0.340. The van der Waals surface area contributed by atoms with E-state index < -0.39 is 9.84 Å². The Morgan fingerprint density at radius 3 is 2.40 bits per heavy atom. The summed E-state index contributed by atoms with van der Waals surface area (Å²) in [5, 5.41) is 0. The second kappa shape index (κ2) is 8.27. The molecule has 0 heterocycles. The Balaban J connectivity index is 2.38. The summed E-state index contributed by atoms with van der Waals surface area (Å²) in [6, 6.07) is 7.96. The third kappa shape index (κ3) is 6.91. The lowest BCUT2D eigenvalue weighted by atomic mass is 10.1. The molecule has 0 aromatic heterocycles. The van der Waals surface area contributed by atoms with Gasteiger partial charge in [-0.25, -0.2) is 8.42 Å². The monoisotopic (exact) mass is 299 g/mol. The summed E-state index contributed by atoms with van der Waals surface area (Å²) in [4.78, 5) is 0. The van der Waals surface area contributed by atoms with Crippen molar-refractivity contribution in [2.45, 2.75) is 39.2 Å². The average Bonchev–Trinajstić information content (AvgIpc) is 2.37. The van der Waals surface area contributed by atoms with Gasteiger partial charge >= 0.3 is 0 Å². The summed E-state index contributed by atoms with van der Waals surface area (Å²) in [6.07, 6.45) is 2.55. The van der Waals surface area contributed by atoms with E-state index in [2.05, 4.69) is 0 Å². The number of aryl methyl sites for hydroxylation is 1. The maximum Gasteiger partial charge on any atom is 0.153 e. The van der Waals surface area contributed by atoms with Crippen LogP contribution in [-0.4, -0.2) is 32.6 Å². The van der Waals surface area contributed by atoms with E-state index >= 15 is 0 Å². The van der Waals surface area contributed by atoms with E-state index in [1.807, 2.05) is 38.1 Å². The van der Waals surface area contributed by atoms with E-state index in [-0.39, 0.29) is 24.2 Å². The van der Waals surface area contributed by atoms with E-state index in [1.54, 1.807) is 0 Å². The number of nitrogens with two attached hydrogens (primary N) is 1. The average molecular weight is 299 g/mol. The molecule has 2 N–H and O–H groups in total. The maximum atomic E-state index is 11.5. The predicted molar refractivity (Wildman–Crippen MR) is 82.9 cm³/mol. The SMILES string of the molecule is CCCS(=O)(=O)CCOc1ccc(CCC(C)N)cc1. The molecule has 0 aliphatic rings. The smallest absolute Gasteiger partial charge is 0.153 e. The van der Waals surface area contributed by atoms with Crippen LogP contribution in [0.15, 0.2) is 24.3 Å². The molecule has 1 aromatic rings. The largest absolute Gasteiger partial charge is 0.493 e. The van der Waals surface area contributed by atoms with Crippen LogP contribution in [0.5, 0.6) is 5.75 Å². The summed E-state index contributed by atoms with van der Waals surface area (Å²) < 4.78 is 28.5. The molecular formula is C15H25NO3S. The molecule has 0 spiro atoms. The Bertz CT molecular complexity index is 480. The van der Waals surface area contributed by atoms with Crippen molar-refractivity contribution in [3.63, 3.8) is 0 Å². The first-order valence-corrected chi connectivity index (χ1v) is 8.93. The third-order valence-electron chi connectivity index (χ3n) is 2.99. The van der Waals surface area contributed by atoms with E-state index in [4.69, 9.17) is 10.5 Å². The fraction of sp³-hybridized carbons (Fsp3) is 0.600. The fourth-order valence-electron chi connectivity index (χ4n) is 1.85. The van der Waals surface area contributed by atoms with Gasteiger partial charge in [-0.2, -0.15) is 0 Å². The molecule has 1 rings (SSSR count). The van der Waals surface area contributed by atoms with Crippen molar-refractivity contribution in [1.82, 2.24) is 0 Å². The molecule has 0 amide bonds. The minimum absolute atomic E-state index is 0.0767. The van der Waals surface area contributed by atoms with E-state index in [9.17, 15) is 8.42 Å². The highest BCUT2D eigenvalue weighted by Gasteiger charge is 2.09. The molecule has 0 aliphatic heterocycles. The van der Waals surface area contributed by atoms with E-state index in [1.165, 1.54) is 5.56 Å². The molecule has 20 heavy (non-hydrogen) atoms. The molecular weight excluding hydrogens is 274 g/mol. The second-order valence-corrected chi connectivity index (χ2v) is 7.46. The summed E-state index contributed by atoms with van der Waals surface area (Å²) in [6.45, 7) is 4.06. The van der Waals surface area contributed by atoms with Gasteiger partial charge in [0.1, 0.15) is 12.4 Å². The second-order valence-electron chi connectivity index (χ2n) is 5.16. The van der Waals surface area contributed by atoms with Gasteiger partial charge in [-0.05, 0) is 43.9 Å². The minimum atomic E-state index is -2.97. The number of hydrogen-bond acceptors (Lipinski definition) is 4. The zero-order valence-electron chi connectivity index (χ0n) is 12.3. The summed E-state index contributed by atoms with van der Waals surface area (Å²) in [7, 11) is -2.97. The third-order valence-corrected chi connectivity index (χ3v) is 4.81. The van der Waals surface area contributed by atoms with Crippen molar-refractivity contribution in [1.29, 1.82) is 0 Å². The normalized spacial score (nSPS) is 13.2. The molecule has 1 atom stereocenters. The highest BCUT2D eigenvalue weighted by atomic mass is 32.2. The maximum absolute atomic E-state index is 11.5. The standard InChI is InChI=1S/C15H25NO3S/c1-3-11-20(17,18)12-10-19-15-8-6-14(7-9-15)5-4-13(2)16/h6-9,13H,3-5,10-12,16H2,1-2H3. The highest BCUT2D eigenvalue weighted by Crippen LogP contribution is 2.14. The molecule has 0 saturated carbocycles. The highest BCUT2D eigenvalue weighted by molar-refractivity contribution is 7.91. The molecule has 1 aromatic carbocycles. The molecule has 0 radical (unpaired) electrons. The van der Waals surface area contributed by atoms with Gasteiger partial charge in [-0.1, -0.05) is 19.1 Å². The number of hydrogen-bond donors (Lipinski definition) is 1. The van der Waals surface area contributed by atoms with E-state index in [0.29, 0.717) is 12.2 Å². The van der Waals surface area contributed by atoms with Gasteiger partial charge < -0.3 is 10.5 Å². The molecule has 0 bridgehead atoms. The summed E-state index contributed by atoms with van der Waals surface area (Å²) in [5.74, 6) is 1.01. The van der Waals surface area contributed by atoms with Gasteiger partial charge in [0.05, 0.1) is 11.5 Å². The van der Waals surface area contributed by atoms with Crippen LogP contribution in [0.25, 0.3) is 0 Å². The Morgan fingerprint density at radius 1 is 1.20 bits per heavy atom. The van der Waals surface area contributed by atoms with Crippen molar-refractivity contribution in [3.8, 4) is 5.75 Å². The number of benzene rings is 1. The molecule has 4 nitrogen and oxygen atoms in total. The molecule has 0 fully saturated rings. The molecule has 5 heteroatoms. The zero-order chi connectivity index (χ0) is 15.0. The summed E-state index contributed by atoms with van der Waals surface area (Å²) >= 11 is 0. The first-order valence-electron chi connectivity index (χ1n) is 7.10. The van der Waals surface area contributed by atoms with Crippen LogP contribution in [0.1, 0.15) is 32.3 Å². The first-order chi connectivity index (χ1) is 9.43. The number of ether oxygens (including phenoxy) is 1. The van der Waals surface area contributed by atoms with Crippen LogP contribution >= 0.6 is 0 Å². The molecule has 114 valence electrons. The van der Waals surface area contributed by atoms with Crippen molar-refractivity contribution in [3.05, 3.63) is 29.8 Å². The van der Waals surface area contributed by atoms with Gasteiger partial charge in [0, 0.05) is 6.04 Å². The van der Waals surface area contributed by atoms with Gasteiger partial charge in [0.15, 0.2) is 9.84 Å². The van der Waals surface area contributed by atoms with Gasteiger partial charge in [-0.15, -0.1) is 0 Å². The number of rotatable bonds is 9. The van der Waals surface area contributed by atoms with Crippen LogP contribution < -0.4 is 10.5 Å². The quantitative estimate of drug-likeness (QED) is 0.758. The Labute approximate surface area is 122 Å². The zero-order valence-corrected chi connectivity index (χ0v) is 13.2. The molecule has 0 aliphatic carbocycles. The fourth-order valence-corrected chi connectivity index (χ4v) is 3.01. The van der Waals surface area contributed by atoms with Crippen LogP contribution in [0.3, 0.4) is 0 Å². The van der Waals surface area contributed by atoms with Crippen LogP contribution in [0.2, 0.25) is 0 Å². The Hall–Kier alpha value is -1.07. The minimum Gasteiger partial charge on any atom is -0.493 e. The Morgan fingerprint density at radius 2 is 1.85 bits per heavy atom. The lowest BCUT2D eigenvalue weighted by Crippen LogP contribution is -2.16.